The predicted octanol–water partition coefficient (Wildman–Crippen LogP) is 9.40. The molecule has 2 heterocycles. The third-order valence-corrected chi connectivity index (χ3v) is 15.2. The largest absolute Gasteiger partial charge is 0.748 e. The second kappa shape index (κ2) is 20.0. The van der Waals surface area contributed by atoms with Crippen molar-refractivity contribution in [3.8, 4) is 0 Å². The predicted molar refractivity (Wildman–Crippen MR) is 259 cm³/mol. The van der Waals surface area contributed by atoms with Crippen LogP contribution in [-0.2, 0) is 31.1 Å². The Bertz CT molecular complexity index is 2720. The summed E-state index contributed by atoms with van der Waals surface area (Å²) in [6.07, 6.45) is 11.8. The van der Waals surface area contributed by atoms with Crippen LogP contribution < -0.4 is 9.80 Å². The molecule has 0 saturated carbocycles. The minimum Gasteiger partial charge on any atom is -0.748 e. The number of anilines is 1. The lowest BCUT2D eigenvalue weighted by Gasteiger charge is -2.27. The zero-order valence-corrected chi connectivity index (χ0v) is 40.4. The molecule has 2 aliphatic heterocycles. The lowest BCUT2D eigenvalue weighted by molar-refractivity contribution is -0.894. The van der Waals surface area contributed by atoms with Gasteiger partial charge in [-0.2, -0.15) is 4.58 Å². The Morgan fingerprint density at radius 3 is 1.86 bits per heavy atom. The maximum atomic E-state index is 11.4. The number of hydrogen-bond donors (Lipinski definition) is 1. The molecule has 0 unspecified atom stereocenters. The molecule has 1 N–H and O–H groups in total. The molecule has 63 heavy (non-hydrogen) atoms. The summed E-state index contributed by atoms with van der Waals surface area (Å²) in [5, 5.41) is 5.38. The van der Waals surface area contributed by atoms with E-state index in [4.69, 9.17) is 11.6 Å². The number of nitrogens with zero attached hydrogens (tertiary/aromatic N) is 2. The first kappa shape index (κ1) is 48.4. The van der Waals surface area contributed by atoms with Gasteiger partial charge in [0, 0.05) is 64.0 Å². The summed E-state index contributed by atoms with van der Waals surface area (Å²) in [4.78, 5) is 3.95. The molecular weight excluding hydrogens is 850 g/mol. The van der Waals surface area contributed by atoms with Crippen LogP contribution in [0.4, 0.5) is 11.4 Å². The van der Waals surface area contributed by atoms with Crippen molar-refractivity contribution in [2.45, 2.75) is 97.8 Å². The van der Waals surface area contributed by atoms with Crippen molar-refractivity contribution in [3.05, 3.63) is 130 Å². The highest BCUT2D eigenvalue weighted by Crippen LogP contribution is 2.51. The number of benzene rings is 4. The van der Waals surface area contributed by atoms with Crippen LogP contribution in [0.3, 0.4) is 0 Å². The molecule has 3 aliphatic rings. The number of allylic oxidation sites excluding steroid dienone is 8. The van der Waals surface area contributed by atoms with Gasteiger partial charge in [0.2, 0.25) is 5.69 Å². The van der Waals surface area contributed by atoms with Crippen molar-refractivity contribution in [2.24, 2.45) is 0 Å². The van der Waals surface area contributed by atoms with Crippen LogP contribution in [0, 0.1) is 0 Å². The standard InChI is InChI=1S/C45H49ClN2O6S2.C6H15N/c1-44(2)39(47(27-9-11-29-55(49,50)51)37-23-19-31-13-5-7-15-35(31)41(37)44)25-21-33-17-18-34(43(33)46)22-26-40-45(3,4)42-36-16-8-6-14-32(36)20-24-38(42)48(40)28-10-12-30-56(52,53)54;1-4-7(5-2)6-3/h5-8,13-16,19-26H,9-12,17-18,27-30H2,1-4H3,(H-,49,50,51,52,53,54);4-6H2,1-3H3. The van der Waals surface area contributed by atoms with Gasteiger partial charge in [0.15, 0.2) is 5.71 Å². The third kappa shape index (κ3) is 10.9. The van der Waals surface area contributed by atoms with E-state index in [1.165, 1.54) is 41.5 Å². The van der Waals surface area contributed by atoms with E-state index in [1.54, 1.807) is 4.90 Å². The minimum atomic E-state index is -4.28. The highest BCUT2D eigenvalue weighted by atomic mass is 35.5. The quantitative estimate of drug-likeness (QED) is 0.0675. The molecule has 0 amide bonds. The van der Waals surface area contributed by atoms with Crippen molar-refractivity contribution in [3.63, 3.8) is 0 Å². The number of nitrogens with one attached hydrogen (secondary N) is 1. The summed E-state index contributed by atoms with van der Waals surface area (Å²) in [5.74, 6) is -0.756. The fraction of sp³-hybridized carbons (Fsp3) is 0.431. The summed E-state index contributed by atoms with van der Waals surface area (Å²) >= 11 is 7.18. The van der Waals surface area contributed by atoms with E-state index >= 15 is 0 Å². The Kier molecular flexibility index (Phi) is 15.3. The highest BCUT2D eigenvalue weighted by Gasteiger charge is 2.45. The molecule has 0 spiro atoms. The Balaban J connectivity index is 0.000000871. The van der Waals surface area contributed by atoms with Gasteiger partial charge in [-0.3, -0.25) is 0 Å². The van der Waals surface area contributed by atoms with Crippen molar-refractivity contribution >= 4 is 70.5 Å². The molecule has 12 heteroatoms. The van der Waals surface area contributed by atoms with Gasteiger partial charge < -0.3 is 18.9 Å². The van der Waals surface area contributed by atoms with Crippen LogP contribution in [0.2, 0.25) is 0 Å². The van der Waals surface area contributed by atoms with E-state index < -0.39 is 20.2 Å². The smallest absolute Gasteiger partial charge is 0.210 e. The average molecular weight is 915 g/mol. The lowest BCUT2D eigenvalue weighted by Crippen LogP contribution is -3.11. The fourth-order valence-corrected chi connectivity index (χ4v) is 11.2. The van der Waals surface area contributed by atoms with Crippen LogP contribution >= 0.6 is 11.6 Å². The van der Waals surface area contributed by atoms with Gasteiger partial charge in [0.1, 0.15) is 6.54 Å². The molecule has 0 aromatic heterocycles. The van der Waals surface area contributed by atoms with E-state index in [0.29, 0.717) is 38.8 Å². The maximum Gasteiger partial charge on any atom is 0.210 e. The summed E-state index contributed by atoms with van der Waals surface area (Å²) < 4.78 is 70.4. The van der Waals surface area contributed by atoms with Crippen LogP contribution in [0.25, 0.3) is 21.5 Å². The molecule has 4 aromatic carbocycles. The summed E-state index contributed by atoms with van der Waals surface area (Å²) in [6, 6.07) is 25.2. The molecular formula is C51H64ClN3O6S2. The van der Waals surface area contributed by atoms with Gasteiger partial charge in [-0.25, -0.2) is 16.8 Å². The van der Waals surface area contributed by atoms with E-state index in [-0.39, 0.29) is 22.3 Å². The Morgan fingerprint density at radius 1 is 0.698 bits per heavy atom. The van der Waals surface area contributed by atoms with E-state index in [0.717, 1.165) is 62.6 Å². The SMILES string of the molecule is CC1(C)C(/C=C/C2=C(Cl)C(=C/C=C3/N(CCCCS(=O)(=O)[O-])c4ccc5ccccc5c4C3(C)C)/CC2)=[N+](CCCCS(=O)(=O)[O-])c2ccc3ccccc3c21.CC[NH+](CC)CC. The number of rotatable bonds is 16. The molecule has 7 rings (SSSR count). The number of quaternary nitrogens is 1. The van der Waals surface area contributed by atoms with Gasteiger partial charge in [-0.1, -0.05) is 92.2 Å². The summed E-state index contributed by atoms with van der Waals surface area (Å²) in [5.41, 5.74) is 8.14. The van der Waals surface area contributed by atoms with Gasteiger partial charge in [-0.05, 0) is 123 Å². The number of fused-ring (bicyclic) bond motifs is 6. The van der Waals surface area contributed by atoms with Crippen LogP contribution in [0.1, 0.15) is 98.1 Å². The first-order valence-corrected chi connectivity index (χ1v) is 26.0. The van der Waals surface area contributed by atoms with E-state index in [9.17, 15) is 25.9 Å². The monoisotopic (exact) mass is 913 g/mol. The molecule has 0 bridgehead atoms. The highest BCUT2D eigenvalue weighted by molar-refractivity contribution is 7.85. The maximum absolute atomic E-state index is 11.4. The van der Waals surface area contributed by atoms with Crippen molar-refractivity contribution in [1.29, 1.82) is 0 Å². The second-order valence-electron chi connectivity index (χ2n) is 18.0. The van der Waals surface area contributed by atoms with Crippen LogP contribution in [0.15, 0.2) is 119 Å². The molecule has 0 fully saturated rings. The molecule has 9 nitrogen and oxygen atoms in total. The topological polar surface area (TPSA) is 125 Å². The number of unbranched alkanes of at least 4 members (excludes halogenated alkanes) is 2. The third-order valence-electron chi connectivity index (χ3n) is 13.2. The Morgan fingerprint density at radius 2 is 1.27 bits per heavy atom. The number of halogens is 1. The van der Waals surface area contributed by atoms with Gasteiger partial charge >= 0.3 is 0 Å². The van der Waals surface area contributed by atoms with Crippen LogP contribution in [-0.4, -0.2) is 80.5 Å². The van der Waals surface area contributed by atoms with E-state index in [2.05, 4.69) is 143 Å². The normalized spacial score (nSPS) is 18.4. The van der Waals surface area contributed by atoms with Gasteiger partial charge in [0.25, 0.3) is 0 Å². The second-order valence-corrected chi connectivity index (χ2v) is 21.4. The first-order valence-electron chi connectivity index (χ1n) is 22.5. The molecule has 0 radical (unpaired) electrons. The average Bonchev–Trinajstić information content (AvgIpc) is 3.78. The molecule has 338 valence electrons. The summed E-state index contributed by atoms with van der Waals surface area (Å²) in [7, 11) is -8.57. The fourth-order valence-electron chi connectivity index (χ4n) is 9.77. The minimum absolute atomic E-state index is 0.293. The van der Waals surface area contributed by atoms with Gasteiger partial charge in [-0.15, -0.1) is 0 Å². The number of hydrogen-bond acceptors (Lipinski definition) is 7. The first-order chi connectivity index (χ1) is 29.8. The lowest BCUT2D eigenvalue weighted by atomic mass is 9.79. The molecule has 1 aliphatic carbocycles. The van der Waals surface area contributed by atoms with Crippen LogP contribution in [0.5, 0.6) is 0 Å². The van der Waals surface area contributed by atoms with Crippen molar-refractivity contribution < 1.29 is 35.4 Å². The van der Waals surface area contributed by atoms with Crippen molar-refractivity contribution in [2.75, 3.05) is 49.1 Å². The molecule has 4 aromatic rings. The molecule has 0 saturated heterocycles. The zero-order chi connectivity index (χ0) is 45.7. The van der Waals surface area contributed by atoms with Crippen molar-refractivity contribution in [1.82, 2.24) is 0 Å². The Hall–Kier alpha value is -4.10. The zero-order valence-electron chi connectivity index (χ0n) is 38.0. The van der Waals surface area contributed by atoms with E-state index in [1.807, 2.05) is 12.1 Å². The Labute approximate surface area is 381 Å². The summed E-state index contributed by atoms with van der Waals surface area (Å²) in [6.45, 7) is 20.5. The van der Waals surface area contributed by atoms with Gasteiger partial charge in [0.05, 0.1) is 45.3 Å². The molecule has 0 atom stereocenters.